The molecule has 2 heterocycles. The molecule has 56 heavy (non-hydrogen) atoms. The van der Waals surface area contributed by atoms with Crippen LogP contribution in [0.5, 0.6) is 0 Å². The summed E-state index contributed by atoms with van der Waals surface area (Å²) in [5, 5.41) is 69.0. The van der Waals surface area contributed by atoms with Gasteiger partial charge in [-0.2, -0.15) is 0 Å². The second-order valence-corrected chi connectivity index (χ2v) is 15.8. The van der Waals surface area contributed by atoms with Crippen LogP contribution in [0.2, 0.25) is 0 Å². The Morgan fingerprint density at radius 1 is 0.536 bits per heavy atom. The molecule has 0 aromatic carbocycles. The van der Waals surface area contributed by atoms with Crippen molar-refractivity contribution in [1.82, 2.24) is 10.6 Å². The van der Waals surface area contributed by atoms with Gasteiger partial charge in [-0.15, -0.1) is 0 Å². The first-order valence-corrected chi connectivity index (χ1v) is 19.6. The molecule has 4 fully saturated rings. The molecule has 2 saturated carbocycles. The van der Waals surface area contributed by atoms with Crippen LogP contribution < -0.4 is 56.5 Å². The summed E-state index contributed by atoms with van der Waals surface area (Å²) in [6.45, 7) is -0.296. The molecule has 2 saturated heterocycles. The molecule has 2 amide bonds. The fraction of sp³-hybridized carbons (Fsp3) is 0.941. The summed E-state index contributed by atoms with van der Waals surface area (Å²) in [5.41, 5.74) is 48.9. The lowest BCUT2D eigenvalue weighted by molar-refractivity contribution is -0.217. The lowest BCUT2D eigenvalue weighted by atomic mass is 9.71. The summed E-state index contributed by atoms with van der Waals surface area (Å²) in [5.74, 6) is -2.38. The number of hydrogen-bond acceptors (Lipinski definition) is 20. The normalized spacial score (nSPS) is 44.6. The first kappa shape index (κ1) is 46.9. The SMILES string of the molecule is NC[C@H]1O[C@H]([C@H]2[C@H](OCC(=O)NCCCCCCNC(=O)CO[C@@H]3[C@@H](O)[C@H](N)C[C@H](N)[C@H]3[C@H]3O[C@H](CN)[C@@H](O)[C@H](O)[C@H]3N)[C@@H](O)[C@H](N)C[C@@H]2N)[C@H](N)[C@@H](O)[C@@H]1O. The van der Waals surface area contributed by atoms with Crippen LogP contribution in [0.4, 0.5) is 0 Å². The van der Waals surface area contributed by atoms with Crippen molar-refractivity contribution in [3.63, 3.8) is 0 Å². The molecule has 22 heteroatoms. The molecule has 2 aliphatic heterocycles. The van der Waals surface area contributed by atoms with E-state index in [2.05, 4.69) is 10.6 Å². The van der Waals surface area contributed by atoms with Gasteiger partial charge in [0.2, 0.25) is 11.8 Å². The molecule has 0 bridgehead atoms. The zero-order valence-corrected chi connectivity index (χ0v) is 31.8. The standard InChI is InChI=1S/C34H68N10O12/c35-9-17-27(49)29(51)23(41)31(55-17)21-13(37)7-15(39)25(47)33(21)53-11-19(45)43-5-3-1-2-4-6-44-20(46)12-54-34-22(14(38)8-16(40)26(34)48)32-24(42)30(52)28(50)18(10-36)56-32/h13-18,21-34,47-52H,1-12,35-42H2,(H,43,45)(H,44,46)/t13-,14-,15+,16+,17+,18+,21-,22-,23+,24+,25-,26-,27+,28+,29+,30+,31+,32+,33-,34-/m0/s1. The smallest absolute Gasteiger partial charge is 0.246 e. The number of rotatable bonds is 17. The Balaban J connectivity index is 1.15. The van der Waals surface area contributed by atoms with Crippen molar-refractivity contribution >= 4 is 11.8 Å². The quantitative estimate of drug-likeness (QED) is 0.0607. The molecule has 24 N–H and O–H groups in total. The average molecular weight is 809 g/mol. The molecule has 0 radical (unpaired) electrons. The van der Waals surface area contributed by atoms with Crippen molar-refractivity contribution in [3.05, 3.63) is 0 Å². The number of aliphatic hydroxyl groups is 6. The molecule has 0 aromatic heterocycles. The van der Waals surface area contributed by atoms with Crippen LogP contribution >= 0.6 is 0 Å². The van der Waals surface area contributed by atoms with Gasteiger partial charge in [-0.05, 0) is 25.7 Å². The van der Waals surface area contributed by atoms with Gasteiger partial charge in [-0.3, -0.25) is 9.59 Å². The predicted octanol–water partition coefficient (Wildman–Crippen LogP) is -8.83. The van der Waals surface area contributed by atoms with Gasteiger partial charge in [-0.25, -0.2) is 0 Å². The van der Waals surface area contributed by atoms with Crippen LogP contribution in [0.15, 0.2) is 0 Å². The van der Waals surface area contributed by atoms with E-state index in [1.165, 1.54) is 0 Å². The predicted molar refractivity (Wildman–Crippen MR) is 200 cm³/mol. The zero-order valence-electron chi connectivity index (χ0n) is 31.8. The van der Waals surface area contributed by atoms with Crippen molar-refractivity contribution in [2.45, 2.75) is 148 Å². The van der Waals surface area contributed by atoms with Gasteiger partial charge in [0.1, 0.15) is 37.6 Å². The van der Waals surface area contributed by atoms with Gasteiger partial charge in [0, 0.05) is 62.2 Å². The highest BCUT2D eigenvalue weighted by atomic mass is 16.5. The van der Waals surface area contributed by atoms with Gasteiger partial charge < -0.3 is 106 Å². The van der Waals surface area contributed by atoms with Crippen molar-refractivity contribution in [3.8, 4) is 0 Å². The molecular formula is C34H68N10O12. The van der Waals surface area contributed by atoms with Crippen LogP contribution in [0.1, 0.15) is 38.5 Å². The van der Waals surface area contributed by atoms with Gasteiger partial charge in [0.15, 0.2) is 0 Å². The van der Waals surface area contributed by atoms with E-state index in [1.54, 1.807) is 0 Å². The molecule has 20 atom stereocenters. The molecule has 0 unspecified atom stereocenters. The van der Waals surface area contributed by atoms with Crippen LogP contribution in [0, 0.1) is 11.8 Å². The van der Waals surface area contributed by atoms with Gasteiger partial charge in [0.25, 0.3) is 0 Å². The number of carbonyl (C=O) groups excluding carboxylic acids is 2. The molecule has 22 nitrogen and oxygen atoms in total. The van der Waals surface area contributed by atoms with E-state index in [4.69, 9.17) is 64.8 Å². The first-order valence-electron chi connectivity index (χ1n) is 19.6. The summed E-state index contributed by atoms with van der Waals surface area (Å²) in [6, 6.07) is -4.89. The van der Waals surface area contributed by atoms with Crippen LogP contribution in [-0.2, 0) is 28.5 Å². The van der Waals surface area contributed by atoms with Gasteiger partial charge >= 0.3 is 0 Å². The van der Waals surface area contributed by atoms with E-state index in [0.29, 0.717) is 25.9 Å². The largest absolute Gasteiger partial charge is 0.389 e. The number of amides is 2. The van der Waals surface area contributed by atoms with Gasteiger partial charge in [-0.1, -0.05) is 12.8 Å². The monoisotopic (exact) mass is 809 g/mol. The minimum absolute atomic E-state index is 0.0904. The maximum Gasteiger partial charge on any atom is 0.246 e. The van der Waals surface area contributed by atoms with Crippen molar-refractivity contribution < 1.29 is 59.2 Å². The lowest BCUT2D eigenvalue weighted by Gasteiger charge is -2.50. The highest BCUT2D eigenvalue weighted by Crippen LogP contribution is 2.37. The Hall–Kier alpha value is -1.78. The Morgan fingerprint density at radius 2 is 0.893 bits per heavy atom. The fourth-order valence-corrected chi connectivity index (χ4v) is 8.55. The second-order valence-electron chi connectivity index (χ2n) is 15.8. The van der Waals surface area contributed by atoms with E-state index in [1.807, 2.05) is 0 Å². The van der Waals surface area contributed by atoms with Crippen molar-refractivity contribution in [1.29, 1.82) is 0 Å². The number of nitrogens with two attached hydrogens (primary N) is 8. The maximum atomic E-state index is 12.7. The van der Waals surface area contributed by atoms with Gasteiger partial charge in [0.05, 0.1) is 60.9 Å². The average Bonchev–Trinajstić information content (AvgIpc) is 3.16. The molecule has 2 aliphatic carbocycles. The van der Waals surface area contributed by atoms with E-state index in [9.17, 15) is 40.2 Å². The van der Waals surface area contributed by atoms with E-state index < -0.39 is 146 Å². The summed E-state index contributed by atoms with van der Waals surface area (Å²) >= 11 is 0. The second kappa shape index (κ2) is 21.5. The Labute approximate surface area is 326 Å². The van der Waals surface area contributed by atoms with E-state index in [0.717, 1.165) is 12.8 Å². The number of hydrogen-bond donors (Lipinski definition) is 16. The topological polar surface area (TPSA) is 425 Å². The highest BCUT2D eigenvalue weighted by Gasteiger charge is 2.54. The third-order valence-corrected chi connectivity index (χ3v) is 11.8. The molecule has 0 spiro atoms. The summed E-state index contributed by atoms with van der Waals surface area (Å²) in [4.78, 5) is 25.3. The van der Waals surface area contributed by atoms with Crippen molar-refractivity contribution in [2.24, 2.45) is 57.7 Å². The Bertz CT molecular complexity index is 1140. The molecule has 326 valence electrons. The number of aliphatic hydroxyl groups excluding tert-OH is 6. The number of nitrogens with one attached hydrogen (secondary N) is 2. The fourth-order valence-electron chi connectivity index (χ4n) is 8.55. The van der Waals surface area contributed by atoms with Crippen molar-refractivity contribution in [2.75, 3.05) is 39.4 Å². The third kappa shape index (κ3) is 11.1. The zero-order chi connectivity index (χ0) is 41.4. The first-order chi connectivity index (χ1) is 26.5. The number of unbranched alkanes of at least 4 members (excludes halogenated alkanes) is 3. The molecule has 4 rings (SSSR count). The molecular weight excluding hydrogens is 740 g/mol. The lowest BCUT2D eigenvalue weighted by Crippen LogP contribution is -2.70. The Kier molecular flexibility index (Phi) is 18.0. The van der Waals surface area contributed by atoms with E-state index in [-0.39, 0.29) is 25.9 Å². The molecule has 0 aromatic rings. The highest BCUT2D eigenvalue weighted by molar-refractivity contribution is 5.77. The summed E-state index contributed by atoms with van der Waals surface area (Å²) < 4.78 is 23.6. The summed E-state index contributed by atoms with van der Waals surface area (Å²) in [6.07, 6.45) is -10.3. The van der Waals surface area contributed by atoms with Crippen LogP contribution in [-0.4, -0.2) is 191 Å². The third-order valence-electron chi connectivity index (χ3n) is 11.8. The van der Waals surface area contributed by atoms with Crippen LogP contribution in [0.25, 0.3) is 0 Å². The molecule has 4 aliphatic rings. The van der Waals surface area contributed by atoms with E-state index >= 15 is 0 Å². The Morgan fingerprint density at radius 3 is 1.23 bits per heavy atom. The van der Waals surface area contributed by atoms with Crippen LogP contribution in [0.3, 0.4) is 0 Å². The minimum atomic E-state index is -1.35. The summed E-state index contributed by atoms with van der Waals surface area (Å²) in [7, 11) is 0. The number of carbonyl (C=O) groups is 2. The maximum absolute atomic E-state index is 12.7. The minimum Gasteiger partial charge on any atom is -0.389 e. The number of ether oxygens (including phenoxy) is 4.